The van der Waals surface area contributed by atoms with Gasteiger partial charge in [-0.2, -0.15) is 26.3 Å². The molecule has 0 saturated carbocycles. The number of hydrogen-bond acceptors (Lipinski definition) is 4. The van der Waals surface area contributed by atoms with Gasteiger partial charge < -0.3 is 10.2 Å². The first-order chi connectivity index (χ1) is 10.1. The molecule has 1 atom stereocenters. The molecule has 0 aromatic heterocycles. The maximum Gasteiger partial charge on any atom is 0.408 e. The third kappa shape index (κ3) is 4.70. The lowest BCUT2D eigenvalue weighted by Crippen LogP contribution is -2.59. The number of nitrogens with zero attached hydrogens (tertiary/aromatic N) is 1. The van der Waals surface area contributed by atoms with Crippen LogP contribution in [-0.4, -0.2) is 55.2 Å². The van der Waals surface area contributed by atoms with Crippen LogP contribution in [0, 0.1) is 4.78 Å². The summed E-state index contributed by atoms with van der Waals surface area (Å²) < 4.78 is 99.2. The zero-order valence-electron chi connectivity index (χ0n) is 12.5. The lowest BCUT2D eigenvalue weighted by molar-refractivity contribution is -0.271. The Hall–Kier alpha value is -0.590. The van der Waals surface area contributed by atoms with Crippen LogP contribution in [0.3, 0.4) is 0 Å². The van der Waals surface area contributed by atoms with Crippen molar-refractivity contribution in [2.75, 3.05) is 13.1 Å². The van der Waals surface area contributed by atoms with Gasteiger partial charge >= 0.3 is 17.1 Å². The van der Waals surface area contributed by atoms with Crippen molar-refractivity contribution in [3.8, 4) is 0 Å². The molecule has 0 rings (SSSR count). The van der Waals surface area contributed by atoms with Crippen LogP contribution in [0.1, 0.15) is 33.1 Å². The van der Waals surface area contributed by atoms with Crippen molar-refractivity contribution >= 4 is 9.92 Å². The molecule has 3 N–H and O–H groups in total. The fourth-order valence-electron chi connectivity index (χ4n) is 1.66. The van der Waals surface area contributed by atoms with E-state index in [1.807, 2.05) is 0 Å². The van der Waals surface area contributed by atoms with Crippen molar-refractivity contribution in [1.29, 1.82) is 4.78 Å². The van der Waals surface area contributed by atoms with Gasteiger partial charge in [0.2, 0.25) is 0 Å². The summed E-state index contributed by atoms with van der Waals surface area (Å²) in [5, 5.41) is 11.5. The zero-order valence-corrected chi connectivity index (χ0v) is 13.4. The van der Waals surface area contributed by atoms with E-state index in [1.165, 1.54) is 6.92 Å². The minimum atomic E-state index is -5.98. The van der Waals surface area contributed by atoms with Crippen LogP contribution in [0.15, 0.2) is 0 Å². The number of aliphatic hydroxyl groups excluding tert-OH is 1. The molecule has 0 bridgehead atoms. The summed E-state index contributed by atoms with van der Waals surface area (Å²) >= 11 is 0. The fourth-order valence-corrected chi connectivity index (χ4v) is 3.34. The molecule has 140 valence electrons. The van der Waals surface area contributed by atoms with Crippen LogP contribution in [0.2, 0.25) is 0 Å². The largest absolute Gasteiger partial charge is 0.408 e. The quantitative estimate of drug-likeness (QED) is 0.406. The molecule has 12 heteroatoms. The molecule has 23 heavy (non-hydrogen) atoms. The molecule has 0 aromatic carbocycles. The third-order valence-corrected chi connectivity index (χ3v) is 5.01. The Morgan fingerprint density at radius 1 is 1.13 bits per heavy atom. The molecule has 0 saturated heterocycles. The van der Waals surface area contributed by atoms with Gasteiger partial charge in [-0.3, -0.25) is 0 Å². The summed E-state index contributed by atoms with van der Waals surface area (Å²) in [6.45, 7) is -0.115. The minimum absolute atomic E-state index is 0.0434. The van der Waals surface area contributed by atoms with Crippen molar-refractivity contribution in [1.82, 2.24) is 4.31 Å². The maximum atomic E-state index is 13.8. The second-order valence-electron chi connectivity index (χ2n) is 5.06. The van der Waals surface area contributed by atoms with Crippen LogP contribution < -0.4 is 0 Å². The number of hydrogen-bond donors (Lipinski definition) is 3. The van der Waals surface area contributed by atoms with Gasteiger partial charge in [0.05, 0.1) is 0 Å². The predicted octanol–water partition coefficient (Wildman–Crippen LogP) is 2.63. The molecule has 1 unspecified atom stereocenters. The second-order valence-corrected chi connectivity index (χ2v) is 7.14. The van der Waals surface area contributed by atoms with E-state index in [-0.39, 0.29) is 23.6 Å². The van der Waals surface area contributed by atoms with Gasteiger partial charge in [0.25, 0.3) is 0 Å². The molecule has 0 aliphatic heterocycles. The lowest BCUT2D eigenvalue weighted by atomic mass is 10.2. The van der Waals surface area contributed by atoms with Crippen molar-refractivity contribution < 1.29 is 40.8 Å². The smallest absolute Gasteiger partial charge is 0.368 e. The summed E-state index contributed by atoms with van der Waals surface area (Å²) in [7, 11) is -5.59. The molecular formula is C11H20F6N2O3S. The number of nitrogens with one attached hydrogen (secondary N) is 1. The fraction of sp³-hybridized carbons (Fsp3) is 1.00. The second kappa shape index (κ2) is 7.53. The summed E-state index contributed by atoms with van der Waals surface area (Å²) in [5.41, 5.74) is 0. The average Bonchev–Trinajstić information content (AvgIpc) is 2.35. The Labute approximate surface area is 130 Å². The van der Waals surface area contributed by atoms with Gasteiger partial charge in [-0.15, -0.1) is 0 Å². The molecule has 0 amide bonds. The van der Waals surface area contributed by atoms with Gasteiger partial charge in [0.15, 0.2) is 16.2 Å². The van der Waals surface area contributed by atoms with E-state index in [9.17, 15) is 30.6 Å². The van der Waals surface area contributed by atoms with Crippen molar-refractivity contribution in [2.45, 2.75) is 56.5 Å². The van der Waals surface area contributed by atoms with Crippen molar-refractivity contribution in [3.05, 3.63) is 0 Å². The SMILES string of the molecule is CCCN(CCCC(O)O)S(=N)(=O)C(F)(F)C(F)(F)C(C)(F)F. The highest BCUT2D eigenvalue weighted by molar-refractivity contribution is 7.91. The standard InChI is InChI=1S/C11H20F6N2O3S/c1-3-6-19(7-4-5-8(20)21)23(18,22)11(16,17)10(14,15)9(2,12)13/h8,18,20-21H,3-7H2,1-2H3. The average molecular weight is 374 g/mol. The first-order valence-electron chi connectivity index (χ1n) is 6.66. The Morgan fingerprint density at radius 3 is 1.96 bits per heavy atom. The Balaban J connectivity index is 5.59. The molecule has 0 fully saturated rings. The zero-order chi connectivity index (χ0) is 18.7. The first-order valence-corrected chi connectivity index (χ1v) is 8.17. The molecule has 0 radical (unpaired) electrons. The van der Waals surface area contributed by atoms with Gasteiger partial charge in [-0.1, -0.05) is 6.92 Å². The monoisotopic (exact) mass is 374 g/mol. The van der Waals surface area contributed by atoms with Gasteiger partial charge in [-0.25, -0.2) is 13.3 Å². The highest BCUT2D eigenvalue weighted by Crippen LogP contribution is 2.49. The lowest BCUT2D eigenvalue weighted by Gasteiger charge is -2.36. The summed E-state index contributed by atoms with van der Waals surface area (Å²) in [5.74, 6) is -11.2. The Bertz CT molecular complexity index is 479. The molecule has 0 aliphatic rings. The number of alkyl halides is 6. The van der Waals surface area contributed by atoms with E-state index in [0.29, 0.717) is 0 Å². The van der Waals surface area contributed by atoms with Gasteiger partial charge in [0, 0.05) is 20.0 Å². The topological polar surface area (TPSA) is 84.6 Å². The van der Waals surface area contributed by atoms with E-state index >= 15 is 0 Å². The third-order valence-electron chi connectivity index (χ3n) is 2.97. The van der Waals surface area contributed by atoms with Gasteiger partial charge in [-0.05, 0) is 19.3 Å². The van der Waals surface area contributed by atoms with Gasteiger partial charge in [0.1, 0.15) is 0 Å². The number of halogens is 6. The van der Waals surface area contributed by atoms with E-state index in [2.05, 4.69) is 0 Å². The van der Waals surface area contributed by atoms with E-state index in [1.54, 1.807) is 0 Å². The van der Waals surface area contributed by atoms with Crippen molar-refractivity contribution in [2.24, 2.45) is 0 Å². The molecule has 0 spiro atoms. The predicted molar refractivity (Wildman–Crippen MR) is 70.7 cm³/mol. The van der Waals surface area contributed by atoms with E-state index < -0.39 is 53.3 Å². The number of aliphatic hydroxyl groups is 2. The van der Waals surface area contributed by atoms with E-state index in [4.69, 9.17) is 15.0 Å². The van der Waals surface area contributed by atoms with Crippen LogP contribution >= 0.6 is 0 Å². The Kier molecular flexibility index (Phi) is 7.34. The highest BCUT2D eigenvalue weighted by atomic mass is 32.2. The van der Waals surface area contributed by atoms with E-state index in [0.717, 1.165) is 0 Å². The highest BCUT2D eigenvalue weighted by Gasteiger charge is 2.74. The summed E-state index contributed by atoms with van der Waals surface area (Å²) in [4.78, 5) is 0. The van der Waals surface area contributed by atoms with Crippen molar-refractivity contribution in [3.63, 3.8) is 0 Å². The molecule has 5 nitrogen and oxygen atoms in total. The maximum absolute atomic E-state index is 13.8. The molecular weight excluding hydrogens is 354 g/mol. The first kappa shape index (κ1) is 22.4. The molecule has 0 heterocycles. The Morgan fingerprint density at radius 2 is 1.61 bits per heavy atom. The minimum Gasteiger partial charge on any atom is -0.368 e. The number of rotatable bonds is 10. The normalized spacial score (nSPS) is 16.9. The van der Waals surface area contributed by atoms with Crippen LogP contribution in [0.5, 0.6) is 0 Å². The summed E-state index contributed by atoms with van der Waals surface area (Å²) in [6.07, 6.45) is -2.36. The van der Waals surface area contributed by atoms with Crippen LogP contribution in [0.25, 0.3) is 0 Å². The molecule has 0 aromatic rings. The molecule has 0 aliphatic carbocycles. The van der Waals surface area contributed by atoms with Crippen LogP contribution in [0.4, 0.5) is 26.3 Å². The van der Waals surface area contributed by atoms with Crippen LogP contribution in [-0.2, 0) is 9.92 Å². The summed E-state index contributed by atoms with van der Waals surface area (Å²) in [6, 6.07) is 0.